The maximum absolute atomic E-state index is 5.68. The van der Waals surface area contributed by atoms with Gasteiger partial charge in [-0.05, 0) is 39.4 Å². The number of halogens is 1. The van der Waals surface area contributed by atoms with Crippen LogP contribution in [0.4, 0.5) is 0 Å². The number of aromatic nitrogens is 3. The molecule has 7 heteroatoms. The molecule has 0 aliphatic rings. The Bertz CT molecular complexity index is 487. The van der Waals surface area contributed by atoms with Crippen LogP contribution in [0.1, 0.15) is 29.1 Å². The molecule has 0 amide bonds. The van der Waals surface area contributed by atoms with Gasteiger partial charge in [-0.1, -0.05) is 12.1 Å². The summed E-state index contributed by atoms with van der Waals surface area (Å²) < 4.78 is 2.45. The molecule has 2 rings (SSSR count). The van der Waals surface area contributed by atoms with Gasteiger partial charge in [0.2, 0.25) is 0 Å². The lowest BCUT2D eigenvalue weighted by Crippen LogP contribution is -2.30. The highest BCUT2D eigenvalue weighted by molar-refractivity contribution is 9.10. The predicted octanol–water partition coefficient (Wildman–Crippen LogP) is 1.75. The van der Waals surface area contributed by atoms with Crippen molar-refractivity contribution in [2.75, 3.05) is 0 Å². The van der Waals surface area contributed by atoms with E-state index in [2.05, 4.69) is 50.0 Å². The molecule has 0 bridgehead atoms. The molecule has 5 nitrogen and oxygen atoms in total. The Morgan fingerprint density at radius 1 is 1.65 bits per heavy atom. The molecule has 0 aromatic carbocycles. The van der Waals surface area contributed by atoms with Gasteiger partial charge in [-0.2, -0.15) is 0 Å². The summed E-state index contributed by atoms with van der Waals surface area (Å²) in [4.78, 5) is 1.21. The number of rotatable bonds is 4. The molecule has 0 aliphatic carbocycles. The molecular weight excluding hydrogens is 302 g/mol. The van der Waals surface area contributed by atoms with Crippen molar-refractivity contribution < 1.29 is 0 Å². The number of hydrogen-bond donors (Lipinski definition) is 2. The van der Waals surface area contributed by atoms with Gasteiger partial charge in [-0.25, -0.2) is 10.1 Å². The lowest BCUT2D eigenvalue weighted by atomic mass is 10.1. The highest BCUT2D eigenvalue weighted by Gasteiger charge is 2.23. The van der Waals surface area contributed by atoms with Gasteiger partial charge in [0.15, 0.2) is 4.60 Å². The molecule has 0 aliphatic heterocycles. The highest BCUT2D eigenvalue weighted by Crippen LogP contribution is 2.32. The predicted molar refractivity (Wildman–Crippen MR) is 71.6 cm³/mol. The Kier molecular flexibility index (Phi) is 3.93. The zero-order valence-corrected chi connectivity index (χ0v) is 12.0. The van der Waals surface area contributed by atoms with Gasteiger partial charge in [-0.15, -0.1) is 16.4 Å². The molecule has 0 spiro atoms. The molecule has 2 heterocycles. The largest absolute Gasteiger partial charge is 0.270 e. The first-order valence-corrected chi connectivity index (χ1v) is 6.93. The van der Waals surface area contributed by atoms with Crippen molar-refractivity contribution in [3.63, 3.8) is 0 Å². The second-order valence-electron chi connectivity index (χ2n) is 3.65. The van der Waals surface area contributed by atoms with Crippen molar-refractivity contribution in [3.05, 3.63) is 32.2 Å². The van der Waals surface area contributed by atoms with E-state index in [9.17, 15) is 0 Å². The fourth-order valence-electron chi connectivity index (χ4n) is 1.82. The summed E-state index contributed by atoms with van der Waals surface area (Å²) in [6, 6.07) is 2.04. The van der Waals surface area contributed by atoms with Crippen LogP contribution in [0.15, 0.2) is 16.0 Å². The number of hydrogen-bond acceptors (Lipinski definition) is 5. The first-order chi connectivity index (χ1) is 8.19. The summed E-state index contributed by atoms with van der Waals surface area (Å²) in [6.07, 6.45) is 0.986. The van der Waals surface area contributed by atoms with Gasteiger partial charge in [0.25, 0.3) is 0 Å². The molecule has 0 radical (unpaired) electrons. The molecule has 1 atom stereocenters. The third kappa shape index (κ3) is 2.28. The van der Waals surface area contributed by atoms with E-state index in [1.54, 1.807) is 16.0 Å². The number of hydrazine groups is 1. The Balaban J connectivity index is 2.47. The first-order valence-electron chi connectivity index (χ1n) is 5.26. The monoisotopic (exact) mass is 315 g/mol. The second kappa shape index (κ2) is 5.26. The quantitative estimate of drug-likeness (QED) is 0.666. The molecular formula is C10H14BrN5S. The Hall–Kier alpha value is -0.760. The lowest BCUT2D eigenvalue weighted by Gasteiger charge is -2.16. The average Bonchev–Trinajstić information content (AvgIpc) is 2.91. The molecule has 0 fully saturated rings. The van der Waals surface area contributed by atoms with Crippen LogP contribution in [-0.4, -0.2) is 15.0 Å². The Morgan fingerprint density at radius 2 is 2.41 bits per heavy atom. The minimum absolute atomic E-state index is 0.0840. The van der Waals surface area contributed by atoms with E-state index >= 15 is 0 Å². The van der Waals surface area contributed by atoms with E-state index in [4.69, 9.17) is 5.84 Å². The average molecular weight is 316 g/mol. The zero-order chi connectivity index (χ0) is 12.4. The van der Waals surface area contributed by atoms with Crippen molar-refractivity contribution in [1.82, 2.24) is 20.4 Å². The Morgan fingerprint density at radius 3 is 2.94 bits per heavy atom. The number of nitrogens with one attached hydrogen (secondary N) is 1. The highest BCUT2D eigenvalue weighted by atomic mass is 79.9. The molecule has 3 N–H and O–H groups in total. The van der Waals surface area contributed by atoms with Crippen molar-refractivity contribution in [1.29, 1.82) is 0 Å². The minimum atomic E-state index is -0.0840. The first kappa shape index (κ1) is 12.7. The van der Waals surface area contributed by atoms with E-state index in [-0.39, 0.29) is 6.04 Å². The molecule has 2 aromatic heterocycles. The zero-order valence-electron chi connectivity index (χ0n) is 9.64. The Labute approximate surface area is 112 Å². The van der Waals surface area contributed by atoms with Gasteiger partial charge in [0.05, 0.1) is 5.69 Å². The molecule has 92 valence electrons. The fourth-order valence-corrected chi connectivity index (χ4v) is 3.43. The van der Waals surface area contributed by atoms with Gasteiger partial charge in [-0.3, -0.25) is 5.84 Å². The van der Waals surface area contributed by atoms with Crippen LogP contribution in [0, 0.1) is 0 Å². The van der Waals surface area contributed by atoms with E-state index < -0.39 is 0 Å². The minimum Gasteiger partial charge on any atom is -0.270 e. The summed E-state index contributed by atoms with van der Waals surface area (Å²) in [5.41, 5.74) is 5.07. The maximum atomic E-state index is 5.68. The topological polar surface area (TPSA) is 68.8 Å². The molecule has 0 saturated carbocycles. The van der Waals surface area contributed by atoms with Crippen molar-refractivity contribution in [2.24, 2.45) is 12.9 Å². The van der Waals surface area contributed by atoms with Gasteiger partial charge in [0.1, 0.15) is 6.04 Å². The van der Waals surface area contributed by atoms with E-state index in [1.807, 2.05) is 7.05 Å². The number of nitrogens with two attached hydrogens (primary N) is 1. The smallest absolute Gasteiger partial charge is 0.153 e. The van der Waals surface area contributed by atoms with Crippen LogP contribution in [0.3, 0.4) is 0 Å². The molecule has 17 heavy (non-hydrogen) atoms. The van der Waals surface area contributed by atoms with Crippen LogP contribution in [-0.2, 0) is 13.5 Å². The number of aryl methyl sites for hydroxylation is 2. The van der Waals surface area contributed by atoms with E-state index in [0.717, 1.165) is 16.7 Å². The van der Waals surface area contributed by atoms with Crippen LogP contribution in [0.25, 0.3) is 0 Å². The van der Waals surface area contributed by atoms with Crippen LogP contribution in [0.5, 0.6) is 0 Å². The van der Waals surface area contributed by atoms with Crippen LogP contribution < -0.4 is 11.3 Å². The summed E-state index contributed by atoms with van der Waals surface area (Å²) in [6.45, 7) is 2.13. The van der Waals surface area contributed by atoms with Crippen LogP contribution in [0.2, 0.25) is 0 Å². The third-order valence-corrected chi connectivity index (χ3v) is 4.28. The standard InChI is InChI=1S/C10H14BrN5S/c1-3-6-4-5-17-9(6)7(13-12)8-10(11)14-15-16(8)2/h4-5,7,13H,3,12H2,1-2H3. The van der Waals surface area contributed by atoms with Gasteiger partial charge < -0.3 is 0 Å². The second-order valence-corrected chi connectivity index (χ2v) is 5.35. The van der Waals surface area contributed by atoms with E-state index in [1.165, 1.54) is 10.4 Å². The van der Waals surface area contributed by atoms with Crippen molar-refractivity contribution >= 4 is 27.3 Å². The van der Waals surface area contributed by atoms with Crippen molar-refractivity contribution in [3.8, 4) is 0 Å². The SMILES string of the molecule is CCc1ccsc1C(NN)c1c(Br)nnn1C. The summed E-state index contributed by atoms with van der Waals surface area (Å²) in [7, 11) is 1.86. The number of thiophene rings is 1. The van der Waals surface area contributed by atoms with Crippen LogP contribution >= 0.6 is 27.3 Å². The van der Waals surface area contributed by atoms with Crippen molar-refractivity contribution in [2.45, 2.75) is 19.4 Å². The fraction of sp³-hybridized carbons (Fsp3) is 0.400. The van der Waals surface area contributed by atoms with Gasteiger partial charge in [0, 0.05) is 11.9 Å². The summed E-state index contributed by atoms with van der Waals surface area (Å²) in [5.74, 6) is 5.68. The molecule has 0 saturated heterocycles. The maximum Gasteiger partial charge on any atom is 0.153 e. The summed E-state index contributed by atoms with van der Waals surface area (Å²) in [5, 5.41) is 10.0. The molecule has 1 unspecified atom stereocenters. The summed E-state index contributed by atoms with van der Waals surface area (Å²) >= 11 is 5.10. The normalized spacial score (nSPS) is 12.9. The van der Waals surface area contributed by atoms with E-state index in [0.29, 0.717) is 0 Å². The third-order valence-electron chi connectivity index (χ3n) is 2.69. The van der Waals surface area contributed by atoms with Gasteiger partial charge >= 0.3 is 0 Å². The lowest BCUT2D eigenvalue weighted by molar-refractivity contribution is 0.573. The molecule has 2 aromatic rings. The number of nitrogens with zero attached hydrogens (tertiary/aromatic N) is 3.